The average molecular weight is 303 g/mol. The summed E-state index contributed by atoms with van der Waals surface area (Å²) in [7, 11) is 1.39. The van der Waals surface area contributed by atoms with Crippen LogP contribution in [0.25, 0.3) is 0 Å². The number of nitrogens with one attached hydrogen (secondary N) is 1. The predicted molar refractivity (Wildman–Crippen MR) is 70.1 cm³/mol. The molecule has 0 aromatic carbocycles. The maximum atomic E-state index is 11.3. The van der Waals surface area contributed by atoms with Crippen molar-refractivity contribution >= 4 is 17.8 Å². The van der Waals surface area contributed by atoms with E-state index in [1.807, 2.05) is 0 Å². The lowest BCUT2D eigenvalue weighted by Gasteiger charge is -2.43. The minimum absolute atomic E-state index is 0.315. The van der Waals surface area contributed by atoms with Gasteiger partial charge in [0.25, 0.3) is 0 Å². The molecule has 8 heteroatoms. The van der Waals surface area contributed by atoms with Crippen LogP contribution in [0.15, 0.2) is 0 Å². The highest BCUT2D eigenvalue weighted by molar-refractivity contribution is 5.73. The molecule has 1 saturated heterocycles. The first kappa shape index (κ1) is 17.4. The Kier molecular flexibility index (Phi) is 6.10. The number of carbonyl (C=O) groups excluding carboxylic acids is 3. The molecular formula is C13H21NO7. The SMILES string of the molecule is CO[C@@H]1O[C@@H](C)[C@@H](NC(C)=O)[C@@H](OC(C)=O)[C@H]1OC(C)=O. The maximum absolute atomic E-state index is 11.3. The lowest BCUT2D eigenvalue weighted by molar-refractivity contribution is -0.272. The van der Waals surface area contributed by atoms with Crippen LogP contribution in [0.1, 0.15) is 27.7 Å². The molecule has 0 aromatic heterocycles. The van der Waals surface area contributed by atoms with Gasteiger partial charge < -0.3 is 24.3 Å². The van der Waals surface area contributed by atoms with E-state index in [4.69, 9.17) is 18.9 Å². The van der Waals surface area contributed by atoms with Gasteiger partial charge in [0, 0.05) is 27.9 Å². The van der Waals surface area contributed by atoms with Crippen LogP contribution in [0, 0.1) is 0 Å². The maximum Gasteiger partial charge on any atom is 0.303 e. The monoisotopic (exact) mass is 303 g/mol. The van der Waals surface area contributed by atoms with Gasteiger partial charge in [-0.3, -0.25) is 14.4 Å². The van der Waals surface area contributed by atoms with E-state index in [2.05, 4.69) is 5.32 Å². The highest BCUT2D eigenvalue weighted by Crippen LogP contribution is 2.26. The van der Waals surface area contributed by atoms with Crippen molar-refractivity contribution in [1.82, 2.24) is 5.32 Å². The van der Waals surface area contributed by atoms with Crippen LogP contribution in [0.5, 0.6) is 0 Å². The predicted octanol–water partition coefficient (Wildman–Crippen LogP) is -0.254. The summed E-state index contributed by atoms with van der Waals surface area (Å²) in [6, 6.07) is -0.651. The molecule has 1 amide bonds. The van der Waals surface area contributed by atoms with Crippen LogP contribution in [0.3, 0.4) is 0 Å². The van der Waals surface area contributed by atoms with Crippen molar-refractivity contribution in [1.29, 1.82) is 0 Å². The number of amides is 1. The van der Waals surface area contributed by atoms with Crippen LogP contribution in [0.4, 0.5) is 0 Å². The third kappa shape index (κ3) is 4.68. The van der Waals surface area contributed by atoms with Crippen molar-refractivity contribution in [3.8, 4) is 0 Å². The molecule has 0 unspecified atom stereocenters. The number of esters is 2. The summed E-state index contributed by atoms with van der Waals surface area (Å²) in [4.78, 5) is 33.9. The molecule has 21 heavy (non-hydrogen) atoms. The Morgan fingerprint density at radius 1 is 1.00 bits per heavy atom. The zero-order valence-electron chi connectivity index (χ0n) is 12.7. The number of methoxy groups -OCH3 is 1. The minimum Gasteiger partial charge on any atom is -0.456 e. The lowest BCUT2D eigenvalue weighted by Crippen LogP contribution is -2.64. The molecule has 8 nitrogen and oxygen atoms in total. The molecule has 0 spiro atoms. The first-order valence-electron chi connectivity index (χ1n) is 6.56. The molecule has 1 aliphatic rings. The van der Waals surface area contributed by atoms with E-state index in [9.17, 15) is 14.4 Å². The summed E-state index contributed by atoms with van der Waals surface area (Å²) in [5, 5.41) is 2.65. The smallest absolute Gasteiger partial charge is 0.303 e. The zero-order valence-corrected chi connectivity index (χ0v) is 12.7. The van der Waals surface area contributed by atoms with Crippen molar-refractivity contribution in [2.24, 2.45) is 0 Å². The van der Waals surface area contributed by atoms with Gasteiger partial charge >= 0.3 is 11.9 Å². The summed E-state index contributed by atoms with van der Waals surface area (Å²) in [6.45, 7) is 5.49. The van der Waals surface area contributed by atoms with E-state index in [0.29, 0.717) is 0 Å². The molecule has 5 atom stereocenters. The van der Waals surface area contributed by atoms with Gasteiger partial charge in [-0.1, -0.05) is 0 Å². The van der Waals surface area contributed by atoms with E-state index in [1.165, 1.54) is 27.9 Å². The lowest BCUT2D eigenvalue weighted by atomic mass is 9.96. The molecule has 0 aliphatic carbocycles. The van der Waals surface area contributed by atoms with E-state index in [-0.39, 0.29) is 5.91 Å². The second-order valence-corrected chi connectivity index (χ2v) is 4.82. The Morgan fingerprint density at radius 2 is 1.52 bits per heavy atom. The molecular weight excluding hydrogens is 282 g/mol. The van der Waals surface area contributed by atoms with Crippen molar-refractivity contribution in [2.75, 3.05) is 7.11 Å². The molecule has 120 valence electrons. The molecule has 1 rings (SSSR count). The Morgan fingerprint density at radius 3 is 1.95 bits per heavy atom. The van der Waals surface area contributed by atoms with E-state index < -0.39 is 42.6 Å². The van der Waals surface area contributed by atoms with Crippen LogP contribution in [-0.2, 0) is 33.3 Å². The summed E-state index contributed by atoms with van der Waals surface area (Å²) < 4.78 is 21.1. The van der Waals surface area contributed by atoms with Crippen molar-refractivity contribution < 1.29 is 33.3 Å². The van der Waals surface area contributed by atoms with E-state index in [0.717, 1.165) is 0 Å². The topological polar surface area (TPSA) is 100 Å². The number of carbonyl (C=O) groups is 3. The molecule has 0 aromatic rings. The van der Waals surface area contributed by atoms with E-state index >= 15 is 0 Å². The second kappa shape index (κ2) is 7.37. The van der Waals surface area contributed by atoms with Crippen LogP contribution in [0.2, 0.25) is 0 Å². The average Bonchev–Trinajstić information content (AvgIpc) is 2.35. The zero-order chi connectivity index (χ0) is 16.2. The van der Waals surface area contributed by atoms with Crippen LogP contribution in [-0.4, -0.2) is 55.6 Å². The first-order chi connectivity index (χ1) is 9.76. The second-order valence-electron chi connectivity index (χ2n) is 4.82. The standard InChI is InChI=1S/C13H21NO7/c1-6-10(14-7(2)15)11(20-8(3)16)12(21-9(4)17)13(18-5)19-6/h6,10-13H,1-5H3,(H,14,15)/t6-,10+,11+,12+,13+/m0/s1. The Balaban J connectivity index is 3.08. The van der Waals surface area contributed by atoms with Gasteiger partial charge in [-0.2, -0.15) is 0 Å². The largest absolute Gasteiger partial charge is 0.456 e. The number of rotatable bonds is 4. The third-order valence-electron chi connectivity index (χ3n) is 3.01. The highest BCUT2D eigenvalue weighted by atomic mass is 16.7. The number of hydrogen-bond donors (Lipinski definition) is 1. The van der Waals surface area contributed by atoms with Crippen molar-refractivity contribution in [2.45, 2.75) is 58.3 Å². The summed E-state index contributed by atoms with van der Waals surface area (Å²) >= 11 is 0. The molecule has 1 heterocycles. The third-order valence-corrected chi connectivity index (χ3v) is 3.01. The number of ether oxygens (including phenoxy) is 4. The summed E-state index contributed by atoms with van der Waals surface area (Å²) in [6.07, 6.45) is -3.25. The minimum atomic E-state index is -0.968. The van der Waals surface area contributed by atoms with Crippen molar-refractivity contribution in [3.63, 3.8) is 0 Å². The van der Waals surface area contributed by atoms with E-state index in [1.54, 1.807) is 6.92 Å². The van der Waals surface area contributed by atoms with Gasteiger partial charge in [0.1, 0.15) is 0 Å². The molecule has 1 fully saturated rings. The molecule has 0 saturated carbocycles. The Bertz CT molecular complexity index is 411. The van der Waals surface area contributed by atoms with Gasteiger partial charge in [0.05, 0.1) is 12.1 Å². The fraction of sp³-hybridized carbons (Fsp3) is 0.769. The van der Waals surface area contributed by atoms with Gasteiger partial charge in [-0.25, -0.2) is 0 Å². The molecule has 1 N–H and O–H groups in total. The Labute approximate surface area is 123 Å². The molecule has 1 aliphatic heterocycles. The highest BCUT2D eigenvalue weighted by Gasteiger charge is 2.49. The number of hydrogen-bond acceptors (Lipinski definition) is 7. The van der Waals surface area contributed by atoms with Gasteiger partial charge in [-0.15, -0.1) is 0 Å². The molecule has 0 bridgehead atoms. The molecule has 0 radical (unpaired) electrons. The van der Waals surface area contributed by atoms with Gasteiger partial charge in [-0.05, 0) is 6.92 Å². The van der Waals surface area contributed by atoms with Gasteiger partial charge in [0.2, 0.25) is 5.91 Å². The fourth-order valence-corrected chi connectivity index (χ4v) is 2.27. The van der Waals surface area contributed by atoms with Crippen LogP contribution < -0.4 is 5.32 Å². The normalized spacial score (nSPS) is 32.1. The van der Waals surface area contributed by atoms with Crippen LogP contribution >= 0.6 is 0 Å². The fourth-order valence-electron chi connectivity index (χ4n) is 2.27. The quantitative estimate of drug-likeness (QED) is 0.714. The first-order valence-corrected chi connectivity index (χ1v) is 6.56. The summed E-state index contributed by atoms with van der Waals surface area (Å²) in [5.41, 5.74) is 0. The Hall–Kier alpha value is -1.67. The van der Waals surface area contributed by atoms with Gasteiger partial charge in [0.15, 0.2) is 18.5 Å². The van der Waals surface area contributed by atoms with Crippen molar-refractivity contribution in [3.05, 3.63) is 0 Å². The summed E-state index contributed by atoms with van der Waals surface area (Å²) in [5.74, 6) is -1.44.